The van der Waals surface area contributed by atoms with Crippen LogP contribution in [0.25, 0.3) is 0 Å². The Labute approximate surface area is 93.7 Å². The Hall–Kier alpha value is -0.330. The van der Waals surface area contributed by atoms with Crippen molar-refractivity contribution in [3.05, 3.63) is 0 Å². The van der Waals surface area contributed by atoms with Crippen molar-refractivity contribution in [1.29, 1.82) is 0 Å². The van der Waals surface area contributed by atoms with Crippen LogP contribution in [0.2, 0.25) is 0 Å². The maximum absolute atomic E-state index is 12.9. The molecular weight excluding hydrogens is 221 g/mol. The molecular formula is C10H19F3N2O. The molecule has 3 nitrogen and oxygen atoms in total. The van der Waals surface area contributed by atoms with Gasteiger partial charge in [-0.1, -0.05) is 0 Å². The minimum Gasteiger partial charge on any atom is -0.377 e. The largest absolute Gasteiger partial charge is 0.405 e. The van der Waals surface area contributed by atoms with Gasteiger partial charge in [0, 0.05) is 25.7 Å². The summed E-state index contributed by atoms with van der Waals surface area (Å²) in [7, 11) is 0. The quantitative estimate of drug-likeness (QED) is 0.792. The van der Waals surface area contributed by atoms with Gasteiger partial charge in [-0.3, -0.25) is 4.90 Å². The molecule has 0 radical (unpaired) electrons. The molecule has 1 aliphatic heterocycles. The summed E-state index contributed by atoms with van der Waals surface area (Å²) in [6.07, 6.45) is -3.84. The molecule has 96 valence electrons. The van der Waals surface area contributed by atoms with Gasteiger partial charge in [-0.05, 0) is 20.3 Å². The van der Waals surface area contributed by atoms with E-state index in [1.807, 2.05) is 0 Å². The summed E-state index contributed by atoms with van der Waals surface area (Å²) in [6, 6.07) is -2.50. The van der Waals surface area contributed by atoms with Crippen LogP contribution in [0.1, 0.15) is 20.3 Å². The van der Waals surface area contributed by atoms with Gasteiger partial charge in [-0.2, -0.15) is 13.2 Å². The lowest BCUT2D eigenvalue weighted by Crippen LogP contribution is -2.56. The minimum atomic E-state index is -4.28. The first-order valence-corrected chi connectivity index (χ1v) is 5.50. The van der Waals surface area contributed by atoms with Gasteiger partial charge in [0.1, 0.15) is 6.04 Å². The molecule has 1 fully saturated rings. The molecule has 0 spiro atoms. The smallest absolute Gasteiger partial charge is 0.377 e. The van der Waals surface area contributed by atoms with Crippen molar-refractivity contribution in [2.75, 3.05) is 19.7 Å². The molecule has 0 saturated carbocycles. The van der Waals surface area contributed by atoms with Gasteiger partial charge < -0.3 is 10.5 Å². The van der Waals surface area contributed by atoms with Gasteiger partial charge in [-0.25, -0.2) is 0 Å². The van der Waals surface area contributed by atoms with Crippen LogP contribution in [0.4, 0.5) is 13.2 Å². The van der Waals surface area contributed by atoms with Crippen LogP contribution in [0.5, 0.6) is 0 Å². The lowest BCUT2D eigenvalue weighted by molar-refractivity contribution is -0.189. The fourth-order valence-corrected chi connectivity index (χ4v) is 2.12. The van der Waals surface area contributed by atoms with Gasteiger partial charge >= 0.3 is 6.18 Å². The molecule has 0 aromatic heterocycles. The molecule has 0 aromatic rings. The summed E-state index contributed by atoms with van der Waals surface area (Å²) in [5.74, 6) is 0. The van der Waals surface area contributed by atoms with Gasteiger partial charge in [0.15, 0.2) is 0 Å². The maximum Gasteiger partial charge on any atom is 0.405 e. The van der Waals surface area contributed by atoms with Gasteiger partial charge in [0.05, 0.1) is 6.10 Å². The third-order valence-corrected chi connectivity index (χ3v) is 2.71. The van der Waals surface area contributed by atoms with Crippen LogP contribution >= 0.6 is 0 Å². The van der Waals surface area contributed by atoms with Crippen molar-refractivity contribution in [2.24, 2.45) is 5.73 Å². The first-order valence-electron chi connectivity index (χ1n) is 5.50. The fourth-order valence-electron chi connectivity index (χ4n) is 2.12. The molecule has 0 aromatic carbocycles. The standard InChI is InChI=1S/C10H19F3N2O/c1-7-6-15(4-3-5-16-7)9(8(2)14)10(11,12)13/h7-9H,3-6,14H2,1-2H3. The van der Waals surface area contributed by atoms with Gasteiger partial charge in [-0.15, -0.1) is 0 Å². The third kappa shape index (κ3) is 3.61. The second-order valence-electron chi connectivity index (χ2n) is 4.38. The van der Waals surface area contributed by atoms with Crippen LogP contribution in [0.15, 0.2) is 0 Å². The van der Waals surface area contributed by atoms with Crippen LogP contribution in [-0.2, 0) is 4.74 Å². The SMILES string of the molecule is CC1CN(C(C(C)N)C(F)(F)F)CCCO1. The first-order chi connectivity index (χ1) is 7.32. The molecule has 1 aliphatic rings. The lowest BCUT2D eigenvalue weighted by atomic mass is 10.1. The molecule has 1 heterocycles. The predicted molar refractivity (Wildman–Crippen MR) is 55.1 cm³/mol. The molecule has 1 rings (SSSR count). The average molecular weight is 240 g/mol. The Morgan fingerprint density at radius 1 is 1.44 bits per heavy atom. The summed E-state index contributed by atoms with van der Waals surface area (Å²) < 4.78 is 43.9. The zero-order valence-electron chi connectivity index (χ0n) is 9.63. The van der Waals surface area contributed by atoms with E-state index >= 15 is 0 Å². The second kappa shape index (κ2) is 5.33. The van der Waals surface area contributed by atoms with Crippen LogP contribution in [-0.4, -0.2) is 49.0 Å². The molecule has 0 bridgehead atoms. The summed E-state index contributed by atoms with van der Waals surface area (Å²) in [6.45, 7) is 4.37. The molecule has 1 saturated heterocycles. The highest BCUT2D eigenvalue weighted by Gasteiger charge is 2.46. The summed E-state index contributed by atoms with van der Waals surface area (Å²) in [4.78, 5) is 1.39. The van der Waals surface area contributed by atoms with Gasteiger partial charge in [0.25, 0.3) is 0 Å². The summed E-state index contributed by atoms with van der Waals surface area (Å²) in [5.41, 5.74) is 5.45. The highest BCUT2D eigenvalue weighted by Crippen LogP contribution is 2.28. The fraction of sp³-hybridized carbons (Fsp3) is 1.00. The number of nitrogens with two attached hydrogens (primary N) is 1. The van der Waals surface area contributed by atoms with E-state index in [9.17, 15) is 13.2 Å². The molecule has 16 heavy (non-hydrogen) atoms. The second-order valence-corrected chi connectivity index (χ2v) is 4.38. The first kappa shape index (κ1) is 13.7. The van der Waals surface area contributed by atoms with Crippen molar-refractivity contribution < 1.29 is 17.9 Å². The lowest BCUT2D eigenvalue weighted by Gasteiger charge is -2.35. The van der Waals surface area contributed by atoms with E-state index in [1.54, 1.807) is 6.92 Å². The normalized spacial score (nSPS) is 28.5. The van der Waals surface area contributed by atoms with Crippen molar-refractivity contribution in [3.63, 3.8) is 0 Å². The van der Waals surface area contributed by atoms with E-state index in [4.69, 9.17) is 10.5 Å². The Bertz CT molecular complexity index is 221. The minimum absolute atomic E-state index is 0.175. The number of hydrogen-bond donors (Lipinski definition) is 1. The number of halogens is 3. The van der Waals surface area contributed by atoms with Crippen LogP contribution < -0.4 is 5.73 Å². The van der Waals surface area contributed by atoms with Crippen molar-refractivity contribution >= 4 is 0 Å². The Kier molecular flexibility index (Phi) is 4.58. The number of nitrogens with zero attached hydrogens (tertiary/aromatic N) is 1. The highest BCUT2D eigenvalue weighted by molar-refractivity contribution is 4.87. The van der Waals surface area contributed by atoms with E-state index in [0.717, 1.165) is 0 Å². The molecule has 3 unspecified atom stereocenters. The Morgan fingerprint density at radius 2 is 2.06 bits per heavy atom. The third-order valence-electron chi connectivity index (χ3n) is 2.71. The maximum atomic E-state index is 12.9. The van der Waals surface area contributed by atoms with Crippen molar-refractivity contribution in [3.8, 4) is 0 Å². The van der Waals surface area contributed by atoms with E-state index < -0.39 is 18.3 Å². The number of rotatable bonds is 2. The Balaban J connectivity index is 2.76. The monoisotopic (exact) mass is 240 g/mol. The topological polar surface area (TPSA) is 38.5 Å². The van der Waals surface area contributed by atoms with E-state index in [-0.39, 0.29) is 12.6 Å². The zero-order chi connectivity index (χ0) is 12.3. The zero-order valence-corrected chi connectivity index (χ0v) is 9.63. The molecule has 0 aliphatic carbocycles. The van der Waals surface area contributed by atoms with E-state index in [2.05, 4.69) is 0 Å². The molecule has 3 atom stereocenters. The molecule has 2 N–H and O–H groups in total. The molecule has 0 amide bonds. The van der Waals surface area contributed by atoms with Gasteiger partial charge in [0.2, 0.25) is 0 Å². The van der Waals surface area contributed by atoms with Crippen LogP contribution in [0, 0.1) is 0 Å². The van der Waals surface area contributed by atoms with E-state index in [1.165, 1.54) is 11.8 Å². The average Bonchev–Trinajstić information content (AvgIpc) is 2.26. The van der Waals surface area contributed by atoms with Crippen molar-refractivity contribution in [2.45, 2.75) is 44.6 Å². The number of hydrogen-bond acceptors (Lipinski definition) is 3. The van der Waals surface area contributed by atoms with E-state index in [0.29, 0.717) is 19.6 Å². The van der Waals surface area contributed by atoms with Crippen molar-refractivity contribution in [1.82, 2.24) is 4.90 Å². The summed E-state index contributed by atoms with van der Waals surface area (Å²) >= 11 is 0. The highest BCUT2D eigenvalue weighted by atomic mass is 19.4. The predicted octanol–water partition coefficient (Wildman–Crippen LogP) is 1.38. The number of ether oxygens (including phenoxy) is 1. The Morgan fingerprint density at radius 3 is 2.56 bits per heavy atom. The number of alkyl halides is 3. The van der Waals surface area contributed by atoms with Crippen LogP contribution in [0.3, 0.4) is 0 Å². The molecule has 6 heteroatoms. The summed E-state index contributed by atoms with van der Waals surface area (Å²) in [5, 5.41) is 0.